The third-order valence-electron chi connectivity index (χ3n) is 2.85. The third-order valence-corrected chi connectivity index (χ3v) is 3.32. The van der Waals surface area contributed by atoms with Crippen molar-refractivity contribution >= 4 is 17.4 Å². The predicted octanol–water partition coefficient (Wildman–Crippen LogP) is 3.04. The van der Waals surface area contributed by atoms with Gasteiger partial charge >= 0.3 is 0 Å². The molecule has 90 valence electrons. The summed E-state index contributed by atoms with van der Waals surface area (Å²) in [6.45, 7) is 4.66. The second kappa shape index (κ2) is 4.80. The molecular formula is C13H16ClN3. The van der Waals surface area contributed by atoms with Crippen LogP contribution >= 0.6 is 11.6 Å². The highest BCUT2D eigenvalue weighted by molar-refractivity contribution is 6.33. The van der Waals surface area contributed by atoms with Gasteiger partial charge in [0.05, 0.1) is 12.2 Å². The molecule has 2 rings (SSSR count). The van der Waals surface area contributed by atoms with E-state index in [0.29, 0.717) is 17.4 Å². The number of rotatable bonds is 3. The van der Waals surface area contributed by atoms with Gasteiger partial charge in [0, 0.05) is 0 Å². The number of benzene rings is 1. The molecule has 0 saturated heterocycles. The summed E-state index contributed by atoms with van der Waals surface area (Å²) in [4.78, 5) is 0. The largest absolute Gasteiger partial charge is 0.383 e. The molecule has 0 aliphatic carbocycles. The molecule has 0 atom stereocenters. The fraction of sp³-hybridized carbons (Fsp3) is 0.308. The van der Waals surface area contributed by atoms with Crippen LogP contribution in [0, 0.1) is 6.92 Å². The fourth-order valence-electron chi connectivity index (χ4n) is 1.75. The van der Waals surface area contributed by atoms with Gasteiger partial charge in [-0.25, -0.2) is 4.68 Å². The van der Waals surface area contributed by atoms with E-state index in [9.17, 15) is 0 Å². The fourth-order valence-corrected chi connectivity index (χ4v) is 1.89. The summed E-state index contributed by atoms with van der Waals surface area (Å²) in [5.41, 5.74) is 9.15. The first-order valence-corrected chi connectivity index (χ1v) is 6.05. The van der Waals surface area contributed by atoms with Crippen molar-refractivity contribution in [3.63, 3.8) is 0 Å². The van der Waals surface area contributed by atoms with E-state index in [1.165, 1.54) is 11.1 Å². The van der Waals surface area contributed by atoms with Crippen molar-refractivity contribution in [3.8, 4) is 0 Å². The van der Waals surface area contributed by atoms with E-state index in [1.54, 1.807) is 4.68 Å². The predicted molar refractivity (Wildman–Crippen MR) is 71.3 cm³/mol. The van der Waals surface area contributed by atoms with Gasteiger partial charge in [-0.05, 0) is 24.5 Å². The molecule has 1 aromatic heterocycles. The molecule has 0 aliphatic rings. The van der Waals surface area contributed by atoms with E-state index in [4.69, 9.17) is 17.3 Å². The number of nitrogen functional groups attached to an aromatic ring is 1. The lowest BCUT2D eigenvalue weighted by Crippen LogP contribution is -2.06. The average Bonchev–Trinajstić information content (AvgIpc) is 2.58. The zero-order valence-corrected chi connectivity index (χ0v) is 10.8. The first-order valence-electron chi connectivity index (χ1n) is 5.68. The van der Waals surface area contributed by atoms with Gasteiger partial charge in [0.25, 0.3) is 0 Å². The Balaban J connectivity index is 2.22. The maximum atomic E-state index is 6.00. The summed E-state index contributed by atoms with van der Waals surface area (Å²) in [6.07, 6.45) is 1.05. The Morgan fingerprint density at radius 2 is 1.82 bits per heavy atom. The van der Waals surface area contributed by atoms with Crippen LogP contribution in [-0.4, -0.2) is 9.78 Å². The van der Waals surface area contributed by atoms with Crippen LogP contribution in [0.4, 0.5) is 5.82 Å². The molecule has 0 aliphatic heterocycles. The zero-order chi connectivity index (χ0) is 12.4. The SMILES string of the molecule is CCc1ccc(Cn2nc(C)c(Cl)c2N)cc1. The summed E-state index contributed by atoms with van der Waals surface area (Å²) < 4.78 is 1.73. The van der Waals surface area contributed by atoms with Crippen LogP contribution in [-0.2, 0) is 13.0 Å². The number of nitrogens with zero attached hydrogens (tertiary/aromatic N) is 2. The maximum Gasteiger partial charge on any atom is 0.141 e. The molecule has 4 heteroatoms. The molecule has 1 heterocycles. The van der Waals surface area contributed by atoms with E-state index in [2.05, 4.69) is 36.3 Å². The van der Waals surface area contributed by atoms with Gasteiger partial charge in [-0.15, -0.1) is 0 Å². The number of hydrogen-bond acceptors (Lipinski definition) is 2. The van der Waals surface area contributed by atoms with Gasteiger partial charge in [-0.2, -0.15) is 5.10 Å². The summed E-state index contributed by atoms with van der Waals surface area (Å²) in [5.74, 6) is 0.531. The van der Waals surface area contributed by atoms with Crippen LogP contribution in [0.3, 0.4) is 0 Å². The molecule has 0 amide bonds. The van der Waals surface area contributed by atoms with Gasteiger partial charge in [-0.3, -0.25) is 0 Å². The molecule has 2 aromatic rings. The molecule has 2 N–H and O–H groups in total. The second-order valence-corrected chi connectivity index (χ2v) is 4.49. The quantitative estimate of drug-likeness (QED) is 0.909. The molecule has 0 spiro atoms. The van der Waals surface area contributed by atoms with Crippen molar-refractivity contribution in [1.82, 2.24) is 9.78 Å². The first kappa shape index (κ1) is 12.0. The van der Waals surface area contributed by atoms with Gasteiger partial charge in [-0.1, -0.05) is 42.8 Å². The topological polar surface area (TPSA) is 43.8 Å². The smallest absolute Gasteiger partial charge is 0.141 e. The second-order valence-electron chi connectivity index (χ2n) is 4.11. The van der Waals surface area contributed by atoms with Crippen LogP contribution in [0.15, 0.2) is 24.3 Å². The van der Waals surface area contributed by atoms with E-state index in [0.717, 1.165) is 12.1 Å². The standard InChI is InChI=1S/C13H16ClN3/c1-3-10-4-6-11(7-5-10)8-17-13(15)12(14)9(2)16-17/h4-7H,3,8,15H2,1-2H3. The van der Waals surface area contributed by atoms with Gasteiger partial charge in [0.2, 0.25) is 0 Å². The Morgan fingerprint density at radius 1 is 1.24 bits per heavy atom. The Labute approximate surface area is 106 Å². The van der Waals surface area contributed by atoms with E-state index >= 15 is 0 Å². The van der Waals surface area contributed by atoms with Crippen LogP contribution in [0.5, 0.6) is 0 Å². The van der Waals surface area contributed by atoms with Crippen LogP contribution in [0.2, 0.25) is 5.02 Å². The molecule has 0 saturated carbocycles. The summed E-state index contributed by atoms with van der Waals surface area (Å²) >= 11 is 6.00. The molecule has 0 fully saturated rings. The normalized spacial score (nSPS) is 10.8. The molecule has 0 unspecified atom stereocenters. The average molecular weight is 250 g/mol. The first-order chi connectivity index (χ1) is 8.11. The van der Waals surface area contributed by atoms with Gasteiger partial charge in [0.1, 0.15) is 10.8 Å². The van der Waals surface area contributed by atoms with Crippen LogP contribution in [0.1, 0.15) is 23.7 Å². The minimum Gasteiger partial charge on any atom is -0.383 e. The highest BCUT2D eigenvalue weighted by Gasteiger charge is 2.09. The number of nitrogens with two attached hydrogens (primary N) is 1. The third kappa shape index (κ3) is 2.44. The van der Waals surface area contributed by atoms with Gasteiger partial charge in [0.15, 0.2) is 0 Å². The zero-order valence-electron chi connectivity index (χ0n) is 10.1. The number of aryl methyl sites for hydroxylation is 2. The highest BCUT2D eigenvalue weighted by Crippen LogP contribution is 2.22. The lowest BCUT2D eigenvalue weighted by atomic mass is 10.1. The lowest BCUT2D eigenvalue weighted by Gasteiger charge is -2.05. The number of halogens is 1. The van der Waals surface area contributed by atoms with Crippen molar-refractivity contribution in [2.75, 3.05) is 5.73 Å². The Hall–Kier alpha value is -1.48. The molecule has 17 heavy (non-hydrogen) atoms. The molecule has 1 aromatic carbocycles. The van der Waals surface area contributed by atoms with Gasteiger partial charge < -0.3 is 5.73 Å². The van der Waals surface area contributed by atoms with E-state index < -0.39 is 0 Å². The lowest BCUT2D eigenvalue weighted by molar-refractivity contribution is 0.689. The van der Waals surface area contributed by atoms with Crippen molar-refractivity contribution in [2.45, 2.75) is 26.8 Å². The van der Waals surface area contributed by atoms with E-state index in [1.807, 2.05) is 6.92 Å². The monoisotopic (exact) mass is 249 g/mol. The minimum atomic E-state index is 0.531. The molecular weight excluding hydrogens is 234 g/mol. The van der Waals surface area contributed by atoms with Crippen molar-refractivity contribution in [1.29, 1.82) is 0 Å². The highest BCUT2D eigenvalue weighted by atomic mass is 35.5. The molecule has 3 nitrogen and oxygen atoms in total. The Bertz CT molecular complexity index is 514. The van der Waals surface area contributed by atoms with E-state index in [-0.39, 0.29) is 0 Å². The Kier molecular flexibility index (Phi) is 3.38. The van der Waals surface area contributed by atoms with Crippen LogP contribution < -0.4 is 5.73 Å². The Morgan fingerprint density at radius 3 is 2.29 bits per heavy atom. The summed E-state index contributed by atoms with van der Waals surface area (Å²) in [7, 11) is 0. The molecule has 0 radical (unpaired) electrons. The number of aromatic nitrogens is 2. The van der Waals surface area contributed by atoms with Crippen molar-refractivity contribution in [2.24, 2.45) is 0 Å². The minimum absolute atomic E-state index is 0.531. The molecule has 0 bridgehead atoms. The maximum absolute atomic E-state index is 6.00. The van der Waals surface area contributed by atoms with Crippen molar-refractivity contribution < 1.29 is 0 Å². The number of hydrogen-bond donors (Lipinski definition) is 1. The van der Waals surface area contributed by atoms with Crippen molar-refractivity contribution in [3.05, 3.63) is 46.1 Å². The number of anilines is 1. The summed E-state index contributed by atoms with van der Waals surface area (Å²) in [6, 6.07) is 8.46. The summed E-state index contributed by atoms with van der Waals surface area (Å²) in [5, 5.41) is 4.86. The van der Waals surface area contributed by atoms with Crippen LogP contribution in [0.25, 0.3) is 0 Å².